The summed E-state index contributed by atoms with van der Waals surface area (Å²) in [5.41, 5.74) is 0. The number of sulfonamides is 1. The Morgan fingerprint density at radius 3 is 2.82 bits per heavy atom. The molecule has 0 aromatic heterocycles. The Hall–Kier alpha value is -0.660. The Labute approximate surface area is 102 Å². The van der Waals surface area contributed by atoms with Gasteiger partial charge >= 0.3 is 5.97 Å². The lowest BCUT2D eigenvalue weighted by Crippen LogP contribution is -2.52. The van der Waals surface area contributed by atoms with E-state index < -0.39 is 16.0 Å². The molecule has 1 atom stereocenters. The summed E-state index contributed by atoms with van der Waals surface area (Å²) in [5.74, 6) is -0.630. The van der Waals surface area contributed by atoms with Crippen LogP contribution >= 0.6 is 0 Å². The van der Waals surface area contributed by atoms with E-state index >= 15 is 0 Å². The summed E-state index contributed by atoms with van der Waals surface area (Å²) in [7, 11) is -3.35. The Kier molecular flexibility index (Phi) is 5.35. The lowest BCUT2D eigenvalue weighted by molar-refractivity contribution is -0.142. The summed E-state index contributed by atoms with van der Waals surface area (Å²) in [6, 6.07) is -0.0593. The first-order chi connectivity index (χ1) is 7.97. The standard InChI is InChI=1S/C10H20N2O4S/c1-3-16-10(13)4-7-17(14,15)12-6-5-11-8-9(12)2/h9,11H,3-8H2,1-2H3/t9-/m0/s1. The van der Waals surface area contributed by atoms with E-state index in [-0.39, 0.29) is 24.8 Å². The summed E-state index contributed by atoms with van der Waals surface area (Å²) in [5, 5.41) is 3.12. The molecule has 7 heteroatoms. The first kappa shape index (κ1) is 14.4. The summed E-state index contributed by atoms with van der Waals surface area (Å²) in [6.45, 7) is 5.61. The Bertz CT molecular complexity index is 355. The van der Waals surface area contributed by atoms with Crippen molar-refractivity contribution in [2.24, 2.45) is 0 Å². The predicted octanol–water partition coefficient (Wildman–Crippen LogP) is -0.437. The van der Waals surface area contributed by atoms with Crippen molar-refractivity contribution in [3.63, 3.8) is 0 Å². The van der Waals surface area contributed by atoms with Crippen molar-refractivity contribution in [3.8, 4) is 0 Å². The van der Waals surface area contributed by atoms with Gasteiger partial charge in [-0.2, -0.15) is 4.31 Å². The summed E-state index contributed by atoms with van der Waals surface area (Å²) in [6.07, 6.45) is -0.0766. The van der Waals surface area contributed by atoms with Crippen molar-refractivity contribution in [1.82, 2.24) is 9.62 Å². The van der Waals surface area contributed by atoms with Crippen LogP contribution in [0.3, 0.4) is 0 Å². The fourth-order valence-electron chi connectivity index (χ4n) is 1.80. The van der Waals surface area contributed by atoms with E-state index in [0.29, 0.717) is 19.6 Å². The number of ether oxygens (including phenoxy) is 1. The van der Waals surface area contributed by atoms with E-state index in [9.17, 15) is 13.2 Å². The second-order valence-corrected chi connectivity index (χ2v) is 6.08. The molecule has 6 nitrogen and oxygen atoms in total. The monoisotopic (exact) mass is 264 g/mol. The highest BCUT2D eigenvalue weighted by Crippen LogP contribution is 2.11. The zero-order valence-electron chi connectivity index (χ0n) is 10.3. The molecule has 0 radical (unpaired) electrons. The molecule has 0 amide bonds. The van der Waals surface area contributed by atoms with Gasteiger partial charge in [0.2, 0.25) is 10.0 Å². The fraction of sp³-hybridized carbons (Fsp3) is 0.900. The normalized spacial score (nSPS) is 22.4. The molecule has 1 aliphatic rings. The van der Waals surface area contributed by atoms with Crippen LogP contribution in [0.1, 0.15) is 20.3 Å². The van der Waals surface area contributed by atoms with Crippen LogP contribution in [0.4, 0.5) is 0 Å². The van der Waals surface area contributed by atoms with Crippen LogP contribution in [-0.4, -0.2) is 56.7 Å². The third-order valence-electron chi connectivity index (χ3n) is 2.67. The number of piperazine rings is 1. The molecule has 0 aromatic rings. The maximum absolute atomic E-state index is 12.0. The van der Waals surface area contributed by atoms with Crippen LogP contribution in [-0.2, 0) is 19.6 Å². The highest BCUT2D eigenvalue weighted by Gasteiger charge is 2.29. The van der Waals surface area contributed by atoms with E-state index in [1.54, 1.807) is 6.92 Å². The van der Waals surface area contributed by atoms with Gasteiger partial charge in [-0.05, 0) is 13.8 Å². The van der Waals surface area contributed by atoms with E-state index in [2.05, 4.69) is 5.32 Å². The van der Waals surface area contributed by atoms with Gasteiger partial charge in [0.25, 0.3) is 0 Å². The Balaban J connectivity index is 2.52. The maximum Gasteiger partial charge on any atom is 0.306 e. The minimum absolute atomic E-state index is 0.0593. The molecule has 1 N–H and O–H groups in total. The molecule has 1 heterocycles. The smallest absolute Gasteiger partial charge is 0.306 e. The summed E-state index contributed by atoms with van der Waals surface area (Å²) >= 11 is 0. The minimum atomic E-state index is -3.35. The van der Waals surface area contributed by atoms with Gasteiger partial charge in [-0.3, -0.25) is 4.79 Å². The van der Waals surface area contributed by atoms with Gasteiger partial charge in [0, 0.05) is 25.7 Å². The van der Waals surface area contributed by atoms with E-state index in [4.69, 9.17) is 4.74 Å². The minimum Gasteiger partial charge on any atom is -0.466 e. The molecule has 1 aliphatic heterocycles. The third-order valence-corrected chi connectivity index (χ3v) is 4.64. The van der Waals surface area contributed by atoms with Gasteiger partial charge in [-0.25, -0.2) is 8.42 Å². The number of nitrogens with one attached hydrogen (secondary N) is 1. The molecule has 0 unspecified atom stereocenters. The molecular formula is C10H20N2O4S. The van der Waals surface area contributed by atoms with E-state index in [1.807, 2.05) is 6.92 Å². The van der Waals surface area contributed by atoms with Crippen molar-refractivity contribution in [3.05, 3.63) is 0 Å². The second-order valence-electron chi connectivity index (χ2n) is 4.03. The van der Waals surface area contributed by atoms with Gasteiger partial charge < -0.3 is 10.1 Å². The first-order valence-electron chi connectivity index (χ1n) is 5.83. The topological polar surface area (TPSA) is 75.7 Å². The SMILES string of the molecule is CCOC(=O)CCS(=O)(=O)N1CCNC[C@@H]1C. The molecule has 0 spiro atoms. The second kappa shape index (κ2) is 6.32. The first-order valence-corrected chi connectivity index (χ1v) is 7.44. The molecule has 1 fully saturated rings. The molecule has 100 valence electrons. The van der Waals surface area contributed by atoms with Crippen molar-refractivity contribution in [2.75, 3.05) is 32.0 Å². The maximum atomic E-state index is 12.0. The lowest BCUT2D eigenvalue weighted by atomic mass is 10.3. The van der Waals surface area contributed by atoms with Crippen LogP contribution in [0.15, 0.2) is 0 Å². The Morgan fingerprint density at radius 2 is 2.24 bits per heavy atom. The van der Waals surface area contributed by atoms with Crippen LogP contribution < -0.4 is 5.32 Å². The van der Waals surface area contributed by atoms with Crippen LogP contribution in [0, 0.1) is 0 Å². The van der Waals surface area contributed by atoms with Crippen LogP contribution in [0.2, 0.25) is 0 Å². The zero-order chi connectivity index (χ0) is 12.9. The van der Waals surface area contributed by atoms with E-state index in [0.717, 1.165) is 0 Å². The van der Waals surface area contributed by atoms with Gasteiger partial charge in [-0.1, -0.05) is 0 Å². The number of carbonyl (C=O) groups is 1. The van der Waals surface area contributed by atoms with Crippen LogP contribution in [0.5, 0.6) is 0 Å². The van der Waals surface area contributed by atoms with Gasteiger partial charge in [-0.15, -0.1) is 0 Å². The molecule has 0 bridgehead atoms. The molecule has 17 heavy (non-hydrogen) atoms. The number of esters is 1. The molecule has 0 aliphatic carbocycles. The predicted molar refractivity (Wildman–Crippen MR) is 64.1 cm³/mol. The fourth-order valence-corrected chi connectivity index (χ4v) is 3.45. The van der Waals surface area contributed by atoms with Crippen molar-refractivity contribution >= 4 is 16.0 Å². The zero-order valence-corrected chi connectivity index (χ0v) is 11.1. The van der Waals surface area contributed by atoms with Crippen molar-refractivity contribution < 1.29 is 17.9 Å². The average molecular weight is 264 g/mol. The number of rotatable bonds is 5. The van der Waals surface area contributed by atoms with E-state index in [1.165, 1.54) is 4.31 Å². The summed E-state index contributed by atoms with van der Waals surface area (Å²) in [4.78, 5) is 11.1. The van der Waals surface area contributed by atoms with Gasteiger partial charge in [0.05, 0.1) is 18.8 Å². The van der Waals surface area contributed by atoms with Crippen LogP contribution in [0.25, 0.3) is 0 Å². The number of carbonyl (C=O) groups excluding carboxylic acids is 1. The molecular weight excluding hydrogens is 244 g/mol. The highest BCUT2D eigenvalue weighted by molar-refractivity contribution is 7.89. The quantitative estimate of drug-likeness (QED) is 0.682. The molecule has 1 saturated heterocycles. The average Bonchev–Trinajstić information content (AvgIpc) is 2.27. The molecule has 0 saturated carbocycles. The molecule has 0 aromatic carbocycles. The molecule has 1 rings (SSSR count). The number of hydrogen-bond acceptors (Lipinski definition) is 5. The Morgan fingerprint density at radius 1 is 1.53 bits per heavy atom. The third kappa shape index (κ3) is 4.25. The lowest BCUT2D eigenvalue weighted by Gasteiger charge is -2.32. The number of nitrogens with zero attached hydrogens (tertiary/aromatic N) is 1. The summed E-state index contributed by atoms with van der Waals surface area (Å²) < 4.78 is 30.2. The highest BCUT2D eigenvalue weighted by atomic mass is 32.2. The van der Waals surface area contributed by atoms with Crippen molar-refractivity contribution in [1.29, 1.82) is 0 Å². The van der Waals surface area contributed by atoms with Gasteiger partial charge in [0.1, 0.15) is 0 Å². The number of hydrogen-bond donors (Lipinski definition) is 1. The van der Waals surface area contributed by atoms with Gasteiger partial charge in [0.15, 0.2) is 0 Å². The van der Waals surface area contributed by atoms with Crippen molar-refractivity contribution in [2.45, 2.75) is 26.3 Å². The largest absolute Gasteiger partial charge is 0.466 e.